The first kappa shape index (κ1) is 12.2. The number of nitrogens with one attached hydrogen (secondary N) is 1. The average Bonchev–Trinajstić information content (AvgIpc) is 2.70. The smallest absolute Gasteiger partial charge is 0.0684 e. The zero-order valence-electron chi connectivity index (χ0n) is 9.58. The lowest BCUT2D eigenvalue weighted by atomic mass is 9.91. The molecule has 15 heavy (non-hydrogen) atoms. The molecule has 0 saturated carbocycles. The third kappa shape index (κ3) is 4.03. The van der Waals surface area contributed by atoms with Gasteiger partial charge in [-0.25, -0.2) is 0 Å². The van der Waals surface area contributed by atoms with Gasteiger partial charge in [0, 0.05) is 6.04 Å². The van der Waals surface area contributed by atoms with Crippen molar-refractivity contribution in [2.75, 3.05) is 6.54 Å². The van der Waals surface area contributed by atoms with E-state index in [1.807, 2.05) is 13.8 Å². The Kier molecular flexibility index (Phi) is 4.31. The fourth-order valence-corrected chi connectivity index (χ4v) is 2.05. The summed E-state index contributed by atoms with van der Waals surface area (Å²) < 4.78 is 0. The lowest BCUT2D eigenvalue weighted by Crippen LogP contribution is -2.23. The first-order valence-electron chi connectivity index (χ1n) is 5.22. The molecule has 0 aliphatic rings. The van der Waals surface area contributed by atoms with Crippen molar-refractivity contribution in [3.05, 3.63) is 22.4 Å². The Morgan fingerprint density at radius 3 is 2.87 bits per heavy atom. The van der Waals surface area contributed by atoms with E-state index in [-0.39, 0.29) is 5.41 Å². The molecule has 1 rings (SSSR count). The maximum absolute atomic E-state index is 8.87. The van der Waals surface area contributed by atoms with Crippen molar-refractivity contribution in [3.8, 4) is 6.07 Å². The Balaban J connectivity index is 2.30. The van der Waals surface area contributed by atoms with Crippen LogP contribution < -0.4 is 5.32 Å². The Morgan fingerprint density at radius 2 is 2.33 bits per heavy atom. The zero-order valence-corrected chi connectivity index (χ0v) is 10.4. The van der Waals surface area contributed by atoms with Crippen molar-refractivity contribution in [3.63, 3.8) is 0 Å². The van der Waals surface area contributed by atoms with E-state index in [1.54, 1.807) is 11.3 Å². The molecule has 0 spiro atoms. The van der Waals surface area contributed by atoms with Gasteiger partial charge in [0.15, 0.2) is 0 Å². The summed E-state index contributed by atoms with van der Waals surface area (Å²) in [4.78, 5) is 0. The molecule has 1 atom stereocenters. The molecule has 3 heteroatoms. The van der Waals surface area contributed by atoms with Crippen molar-refractivity contribution < 1.29 is 0 Å². The molecular formula is C12H18N2S. The van der Waals surface area contributed by atoms with E-state index >= 15 is 0 Å². The molecule has 0 radical (unpaired) electrons. The van der Waals surface area contributed by atoms with Crippen molar-refractivity contribution >= 4 is 11.3 Å². The van der Waals surface area contributed by atoms with Gasteiger partial charge in [-0.05, 0) is 56.1 Å². The summed E-state index contributed by atoms with van der Waals surface area (Å²) in [5.74, 6) is 0. The molecule has 1 heterocycles. The highest BCUT2D eigenvalue weighted by molar-refractivity contribution is 7.07. The van der Waals surface area contributed by atoms with E-state index in [4.69, 9.17) is 5.26 Å². The minimum Gasteiger partial charge on any atom is -0.310 e. The van der Waals surface area contributed by atoms with Crippen LogP contribution in [-0.4, -0.2) is 6.54 Å². The molecule has 1 unspecified atom stereocenters. The molecule has 0 fully saturated rings. The summed E-state index contributed by atoms with van der Waals surface area (Å²) in [5, 5.41) is 16.5. The van der Waals surface area contributed by atoms with E-state index in [1.165, 1.54) is 5.56 Å². The molecular weight excluding hydrogens is 204 g/mol. The van der Waals surface area contributed by atoms with Crippen LogP contribution in [0.3, 0.4) is 0 Å². The maximum atomic E-state index is 8.87. The van der Waals surface area contributed by atoms with Crippen LogP contribution in [0, 0.1) is 16.7 Å². The quantitative estimate of drug-likeness (QED) is 0.829. The summed E-state index contributed by atoms with van der Waals surface area (Å²) in [6.45, 7) is 6.99. The topological polar surface area (TPSA) is 35.8 Å². The van der Waals surface area contributed by atoms with Crippen molar-refractivity contribution in [2.24, 2.45) is 5.41 Å². The van der Waals surface area contributed by atoms with Crippen LogP contribution in [0.1, 0.15) is 38.8 Å². The SMILES string of the molecule is CC(NCCC(C)(C)C#N)c1ccsc1. The number of hydrogen-bond donors (Lipinski definition) is 1. The van der Waals surface area contributed by atoms with Crippen molar-refractivity contribution in [1.29, 1.82) is 5.26 Å². The molecule has 0 saturated heterocycles. The summed E-state index contributed by atoms with van der Waals surface area (Å²) in [7, 11) is 0. The fourth-order valence-electron chi connectivity index (χ4n) is 1.30. The number of rotatable bonds is 5. The Morgan fingerprint density at radius 1 is 1.60 bits per heavy atom. The zero-order chi connectivity index (χ0) is 11.3. The van der Waals surface area contributed by atoms with Crippen LogP contribution in [0.5, 0.6) is 0 Å². The third-order valence-corrected chi connectivity index (χ3v) is 3.25. The number of nitrogens with zero attached hydrogens (tertiary/aromatic N) is 1. The molecule has 0 aromatic carbocycles. The maximum Gasteiger partial charge on any atom is 0.0684 e. The predicted molar refractivity (Wildman–Crippen MR) is 64.7 cm³/mol. The van der Waals surface area contributed by atoms with Gasteiger partial charge in [-0.2, -0.15) is 16.6 Å². The third-order valence-electron chi connectivity index (χ3n) is 2.55. The molecule has 0 bridgehead atoms. The molecule has 2 nitrogen and oxygen atoms in total. The van der Waals surface area contributed by atoms with Crippen LogP contribution in [0.25, 0.3) is 0 Å². The second kappa shape index (κ2) is 5.29. The molecule has 0 aliphatic carbocycles. The van der Waals surface area contributed by atoms with Gasteiger partial charge in [-0.15, -0.1) is 0 Å². The van der Waals surface area contributed by atoms with Crippen LogP contribution in [0.4, 0.5) is 0 Å². The molecule has 1 aromatic rings. The van der Waals surface area contributed by atoms with Gasteiger partial charge in [0.2, 0.25) is 0 Å². The molecule has 82 valence electrons. The Hall–Kier alpha value is -0.850. The van der Waals surface area contributed by atoms with E-state index < -0.39 is 0 Å². The second-order valence-corrected chi connectivity index (χ2v) is 5.26. The molecule has 1 N–H and O–H groups in total. The monoisotopic (exact) mass is 222 g/mol. The highest BCUT2D eigenvalue weighted by Gasteiger charge is 2.16. The lowest BCUT2D eigenvalue weighted by Gasteiger charge is -2.18. The van der Waals surface area contributed by atoms with Crippen LogP contribution >= 0.6 is 11.3 Å². The number of thiophene rings is 1. The molecule has 0 amide bonds. The predicted octanol–water partition coefficient (Wildman–Crippen LogP) is 3.34. The second-order valence-electron chi connectivity index (χ2n) is 4.48. The summed E-state index contributed by atoms with van der Waals surface area (Å²) in [6.07, 6.45) is 0.887. The number of hydrogen-bond acceptors (Lipinski definition) is 3. The van der Waals surface area contributed by atoms with Crippen LogP contribution in [-0.2, 0) is 0 Å². The Labute approximate surface area is 95.9 Å². The minimum atomic E-state index is -0.221. The van der Waals surface area contributed by atoms with Gasteiger partial charge in [0.05, 0.1) is 11.5 Å². The van der Waals surface area contributed by atoms with Crippen molar-refractivity contribution in [1.82, 2.24) is 5.32 Å². The van der Waals surface area contributed by atoms with Crippen LogP contribution in [0.2, 0.25) is 0 Å². The Bertz CT molecular complexity index is 322. The highest BCUT2D eigenvalue weighted by Crippen LogP contribution is 2.19. The van der Waals surface area contributed by atoms with E-state index in [0.717, 1.165) is 13.0 Å². The molecule has 1 aromatic heterocycles. The van der Waals surface area contributed by atoms with Gasteiger partial charge in [0.1, 0.15) is 0 Å². The van der Waals surface area contributed by atoms with Crippen molar-refractivity contribution in [2.45, 2.75) is 33.2 Å². The standard InChI is InChI=1S/C12H18N2S/c1-10(11-4-7-15-8-11)14-6-5-12(2,3)9-13/h4,7-8,10,14H,5-6H2,1-3H3. The van der Waals surface area contributed by atoms with E-state index in [9.17, 15) is 0 Å². The van der Waals surface area contributed by atoms with Gasteiger partial charge < -0.3 is 5.32 Å². The van der Waals surface area contributed by atoms with Gasteiger partial charge in [-0.1, -0.05) is 0 Å². The largest absolute Gasteiger partial charge is 0.310 e. The summed E-state index contributed by atoms with van der Waals surface area (Å²) in [6, 6.07) is 4.83. The summed E-state index contributed by atoms with van der Waals surface area (Å²) >= 11 is 1.72. The van der Waals surface area contributed by atoms with Gasteiger partial charge in [-0.3, -0.25) is 0 Å². The molecule has 0 aliphatic heterocycles. The normalized spacial score (nSPS) is 13.5. The van der Waals surface area contributed by atoms with Crippen LogP contribution in [0.15, 0.2) is 16.8 Å². The highest BCUT2D eigenvalue weighted by atomic mass is 32.1. The lowest BCUT2D eigenvalue weighted by molar-refractivity contribution is 0.417. The van der Waals surface area contributed by atoms with Gasteiger partial charge >= 0.3 is 0 Å². The van der Waals surface area contributed by atoms with E-state index in [0.29, 0.717) is 6.04 Å². The first-order chi connectivity index (χ1) is 7.05. The summed E-state index contributed by atoms with van der Waals surface area (Å²) in [5.41, 5.74) is 1.11. The van der Waals surface area contributed by atoms with Gasteiger partial charge in [0.25, 0.3) is 0 Å². The van der Waals surface area contributed by atoms with E-state index in [2.05, 4.69) is 35.1 Å². The first-order valence-corrected chi connectivity index (χ1v) is 6.16. The fraction of sp³-hybridized carbons (Fsp3) is 0.583. The minimum absolute atomic E-state index is 0.221. The average molecular weight is 222 g/mol. The number of nitriles is 1.